The second-order valence-corrected chi connectivity index (χ2v) is 8.60. The standard InChI is InChI=1S/C26H28FN5O4/c1-36-26(35)32-11-5-8-18(14-32)21-13-29-24(28)23(30-21)17-9-10-19(20(27)12-17)25(34)31-22(15-33)16-6-3-2-4-7-16/h2-4,6-7,9-10,12-13,18,22,33H,5,8,11,14-15H2,1H3,(H2,28,29)(H,31,34)/t18?,22-/m1/s1. The quantitative estimate of drug-likeness (QED) is 0.480. The Morgan fingerprint density at radius 3 is 2.75 bits per heavy atom. The second-order valence-electron chi connectivity index (χ2n) is 8.60. The van der Waals surface area contributed by atoms with E-state index in [0.29, 0.717) is 35.6 Å². The highest BCUT2D eigenvalue weighted by atomic mass is 19.1. The number of likely N-dealkylation sites (tertiary alicyclic amines) is 1. The number of rotatable bonds is 6. The van der Waals surface area contributed by atoms with Crippen LogP contribution in [0.5, 0.6) is 0 Å². The van der Waals surface area contributed by atoms with Gasteiger partial charge in [0.05, 0.1) is 37.2 Å². The van der Waals surface area contributed by atoms with E-state index in [1.807, 2.05) is 6.07 Å². The molecule has 188 valence electrons. The number of nitrogens with two attached hydrogens (primary N) is 1. The zero-order valence-corrected chi connectivity index (χ0v) is 19.9. The molecule has 2 heterocycles. The van der Waals surface area contributed by atoms with Gasteiger partial charge in [0.25, 0.3) is 5.91 Å². The van der Waals surface area contributed by atoms with E-state index in [-0.39, 0.29) is 23.9 Å². The summed E-state index contributed by atoms with van der Waals surface area (Å²) in [6, 6.07) is 12.4. The predicted molar refractivity (Wildman–Crippen MR) is 132 cm³/mol. The van der Waals surface area contributed by atoms with Crippen molar-refractivity contribution in [3.8, 4) is 11.3 Å². The highest BCUT2D eigenvalue weighted by Gasteiger charge is 2.27. The molecular formula is C26H28FN5O4. The highest BCUT2D eigenvalue weighted by Crippen LogP contribution is 2.30. The van der Waals surface area contributed by atoms with Gasteiger partial charge in [-0.2, -0.15) is 0 Å². The molecule has 0 radical (unpaired) electrons. The van der Waals surface area contributed by atoms with Crippen LogP contribution in [0.2, 0.25) is 0 Å². The maximum Gasteiger partial charge on any atom is 0.409 e. The summed E-state index contributed by atoms with van der Waals surface area (Å²) in [4.78, 5) is 35.2. The number of hydrogen-bond acceptors (Lipinski definition) is 7. The molecule has 1 unspecified atom stereocenters. The van der Waals surface area contributed by atoms with Crippen LogP contribution >= 0.6 is 0 Å². The Labute approximate surface area is 208 Å². The number of nitrogens with zero attached hydrogens (tertiary/aromatic N) is 3. The van der Waals surface area contributed by atoms with Crippen LogP contribution in [-0.4, -0.2) is 58.8 Å². The lowest BCUT2D eigenvalue weighted by Crippen LogP contribution is -2.39. The van der Waals surface area contributed by atoms with Crippen molar-refractivity contribution in [3.05, 3.63) is 77.4 Å². The largest absolute Gasteiger partial charge is 0.453 e. The van der Waals surface area contributed by atoms with E-state index >= 15 is 4.39 Å². The van der Waals surface area contributed by atoms with Gasteiger partial charge in [0.2, 0.25) is 0 Å². The third-order valence-electron chi connectivity index (χ3n) is 6.27. The van der Waals surface area contributed by atoms with Crippen LogP contribution in [0.3, 0.4) is 0 Å². The number of anilines is 1. The summed E-state index contributed by atoms with van der Waals surface area (Å²) in [5, 5.41) is 12.4. The molecule has 2 atom stereocenters. The fourth-order valence-corrected chi connectivity index (χ4v) is 4.34. The number of aliphatic hydroxyl groups is 1. The number of nitrogen functional groups attached to an aromatic ring is 1. The van der Waals surface area contributed by atoms with Crippen LogP contribution in [0, 0.1) is 5.82 Å². The van der Waals surface area contributed by atoms with Crippen molar-refractivity contribution in [1.29, 1.82) is 0 Å². The summed E-state index contributed by atoms with van der Waals surface area (Å²) >= 11 is 0. The molecule has 1 saturated heterocycles. The number of aliphatic hydroxyl groups excluding tert-OH is 1. The summed E-state index contributed by atoms with van der Waals surface area (Å²) in [6.45, 7) is 0.711. The van der Waals surface area contributed by atoms with Gasteiger partial charge in [-0.3, -0.25) is 4.79 Å². The molecule has 0 saturated carbocycles. The molecule has 3 aromatic rings. The lowest BCUT2D eigenvalue weighted by molar-refractivity contribution is 0.0912. The Morgan fingerprint density at radius 2 is 2.06 bits per heavy atom. The molecule has 1 aliphatic rings. The van der Waals surface area contributed by atoms with E-state index in [0.717, 1.165) is 12.8 Å². The first-order chi connectivity index (χ1) is 17.4. The number of methoxy groups -OCH3 is 1. The molecule has 2 aromatic carbocycles. The second kappa shape index (κ2) is 11.1. The van der Waals surface area contributed by atoms with E-state index < -0.39 is 23.9 Å². The third-order valence-corrected chi connectivity index (χ3v) is 6.27. The van der Waals surface area contributed by atoms with Crippen molar-refractivity contribution in [2.75, 3.05) is 32.5 Å². The van der Waals surface area contributed by atoms with E-state index in [1.165, 1.54) is 19.2 Å². The van der Waals surface area contributed by atoms with Gasteiger partial charge in [0.15, 0.2) is 0 Å². The first-order valence-corrected chi connectivity index (χ1v) is 11.6. The van der Waals surface area contributed by atoms with Crippen LogP contribution in [0.1, 0.15) is 46.4 Å². The van der Waals surface area contributed by atoms with E-state index in [4.69, 9.17) is 10.5 Å². The van der Waals surface area contributed by atoms with Crippen LogP contribution in [0.4, 0.5) is 15.0 Å². The summed E-state index contributed by atoms with van der Waals surface area (Å²) in [5.41, 5.74) is 7.91. The molecule has 10 heteroatoms. The molecule has 1 aliphatic heterocycles. The lowest BCUT2D eigenvalue weighted by Gasteiger charge is -2.31. The van der Waals surface area contributed by atoms with Crippen molar-refractivity contribution < 1.29 is 23.8 Å². The van der Waals surface area contributed by atoms with Crippen LogP contribution < -0.4 is 11.1 Å². The number of carbonyl (C=O) groups excluding carboxylic acids is 2. The normalized spacial score (nSPS) is 16.3. The summed E-state index contributed by atoms with van der Waals surface area (Å²) in [6.07, 6.45) is 2.78. The first kappa shape index (κ1) is 25.1. The van der Waals surface area contributed by atoms with Crippen LogP contribution in [-0.2, 0) is 4.74 Å². The monoisotopic (exact) mass is 493 g/mol. The number of piperidine rings is 1. The Hall–Kier alpha value is -4.05. The van der Waals surface area contributed by atoms with Gasteiger partial charge in [0, 0.05) is 24.6 Å². The number of hydrogen-bond donors (Lipinski definition) is 3. The number of halogens is 1. The molecule has 2 amide bonds. The van der Waals surface area contributed by atoms with Gasteiger partial charge < -0.3 is 25.8 Å². The van der Waals surface area contributed by atoms with Crippen molar-refractivity contribution in [2.45, 2.75) is 24.8 Å². The number of amides is 2. The molecule has 1 fully saturated rings. The van der Waals surface area contributed by atoms with Crippen molar-refractivity contribution in [3.63, 3.8) is 0 Å². The number of nitrogens with one attached hydrogen (secondary N) is 1. The Kier molecular flexibility index (Phi) is 7.74. The number of carbonyl (C=O) groups is 2. The van der Waals surface area contributed by atoms with Crippen molar-refractivity contribution in [1.82, 2.24) is 20.2 Å². The number of aromatic nitrogens is 2. The SMILES string of the molecule is COC(=O)N1CCCC(c2cnc(N)c(-c3ccc(C(=O)N[C@H](CO)c4ccccc4)c(F)c3)n2)C1. The van der Waals surface area contributed by atoms with Gasteiger partial charge in [-0.25, -0.2) is 19.2 Å². The fraction of sp³-hybridized carbons (Fsp3) is 0.308. The van der Waals surface area contributed by atoms with Gasteiger partial charge in [-0.05, 0) is 30.5 Å². The zero-order valence-electron chi connectivity index (χ0n) is 19.9. The van der Waals surface area contributed by atoms with Gasteiger partial charge in [-0.1, -0.05) is 36.4 Å². The predicted octanol–water partition coefficient (Wildman–Crippen LogP) is 3.27. The smallest absolute Gasteiger partial charge is 0.409 e. The summed E-state index contributed by atoms with van der Waals surface area (Å²) < 4.78 is 19.9. The number of benzene rings is 2. The van der Waals surface area contributed by atoms with Crippen LogP contribution in [0.25, 0.3) is 11.3 Å². The highest BCUT2D eigenvalue weighted by molar-refractivity contribution is 5.95. The minimum Gasteiger partial charge on any atom is -0.453 e. The molecule has 9 nitrogen and oxygen atoms in total. The molecular weight excluding hydrogens is 465 g/mol. The minimum absolute atomic E-state index is 0.0620. The van der Waals surface area contributed by atoms with Crippen molar-refractivity contribution >= 4 is 17.8 Å². The van der Waals surface area contributed by atoms with E-state index in [1.54, 1.807) is 41.4 Å². The average molecular weight is 494 g/mol. The summed E-state index contributed by atoms with van der Waals surface area (Å²) in [7, 11) is 1.34. The van der Waals surface area contributed by atoms with Gasteiger partial charge in [-0.15, -0.1) is 0 Å². The topological polar surface area (TPSA) is 131 Å². The fourth-order valence-electron chi connectivity index (χ4n) is 4.34. The maximum absolute atomic E-state index is 15.0. The minimum atomic E-state index is -0.754. The first-order valence-electron chi connectivity index (χ1n) is 11.6. The molecule has 0 aliphatic carbocycles. The Bertz CT molecular complexity index is 1240. The third kappa shape index (κ3) is 5.44. The van der Waals surface area contributed by atoms with Crippen LogP contribution in [0.15, 0.2) is 54.7 Å². The number of ether oxygens (including phenoxy) is 1. The molecule has 4 rings (SSSR count). The van der Waals surface area contributed by atoms with E-state index in [9.17, 15) is 14.7 Å². The molecule has 4 N–H and O–H groups in total. The molecule has 36 heavy (non-hydrogen) atoms. The molecule has 1 aromatic heterocycles. The zero-order chi connectivity index (χ0) is 25.7. The molecule has 0 bridgehead atoms. The maximum atomic E-state index is 15.0. The van der Waals surface area contributed by atoms with E-state index in [2.05, 4.69) is 15.3 Å². The Morgan fingerprint density at radius 1 is 1.28 bits per heavy atom. The lowest BCUT2D eigenvalue weighted by atomic mass is 9.95. The van der Waals surface area contributed by atoms with Gasteiger partial charge >= 0.3 is 6.09 Å². The molecule has 0 spiro atoms. The summed E-state index contributed by atoms with van der Waals surface area (Å²) in [5.74, 6) is -1.34. The Balaban J connectivity index is 1.55. The van der Waals surface area contributed by atoms with Gasteiger partial charge in [0.1, 0.15) is 17.3 Å². The van der Waals surface area contributed by atoms with Crippen molar-refractivity contribution in [2.24, 2.45) is 0 Å². The average Bonchev–Trinajstić information content (AvgIpc) is 2.91.